The van der Waals surface area contributed by atoms with Crippen LogP contribution in [0.1, 0.15) is 12.8 Å². The summed E-state index contributed by atoms with van der Waals surface area (Å²) in [5.41, 5.74) is 0. The van der Waals surface area contributed by atoms with Crippen LogP contribution >= 0.6 is 0 Å². The molecule has 0 unspecified atom stereocenters. The second-order valence-electron chi connectivity index (χ2n) is 1.64. The van der Waals surface area contributed by atoms with Crippen LogP contribution in [0.25, 0.3) is 0 Å². The van der Waals surface area contributed by atoms with Crippen LogP contribution in [0.2, 0.25) is 0 Å². The van der Waals surface area contributed by atoms with Crippen molar-refractivity contribution in [2.24, 2.45) is 0 Å². The van der Waals surface area contributed by atoms with Crippen molar-refractivity contribution in [3.05, 3.63) is 13.8 Å². The minimum absolute atomic E-state index is 0. The molecule has 2 radical (unpaired) electrons. The van der Waals surface area contributed by atoms with E-state index in [1.54, 1.807) is 0 Å². The molecule has 1 N–H and O–H groups in total. The van der Waals surface area contributed by atoms with Gasteiger partial charge in [-0.3, -0.25) is 0 Å². The molecule has 9 heavy (non-hydrogen) atoms. The third-order valence-corrected chi connectivity index (χ3v) is 1.05. The zero-order valence-corrected chi connectivity index (χ0v) is 7.65. The number of nitrogens with one attached hydrogen (secondary N) is 1. The van der Waals surface area contributed by atoms with Gasteiger partial charge in [0.1, 0.15) is 0 Å². The Morgan fingerprint density at radius 1 is 1.22 bits per heavy atom. The maximum absolute atomic E-state index is 3.23. The quantitative estimate of drug-likeness (QED) is 0.597. The Morgan fingerprint density at radius 2 is 1.89 bits per heavy atom. The van der Waals surface area contributed by atoms with Crippen LogP contribution in [0.3, 0.4) is 0 Å². The summed E-state index contributed by atoms with van der Waals surface area (Å²) in [6.07, 6.45) is 4.93. The molecule has 1 nitrogen and oxygen atoms in total. The van der Waals surface area contributed by atoms with Gasteiger partial charge < -0.3 is 19.2 Å². The summed E-state index contributed by atoms with van der Waals surface area (Å²) in [7, 11) is 0. The molecule has 0 aliphatic carbocycles. The van der Waals surface area contributed by atoms with Gasteiger partial charge in [0, 0.05) is 33.6 Å². The second-order valence-corrected chi connectivity index (χ2v) is 1.64. The van der Waals surface area contributed by atoms with Gasteiger partial charge in [0.2, 0.25) is 0 Å². The van der Waals surface area contributed by atoms with Crippen molar-refractivity contribution >= 4 is 0 Å². The topological polar surface area (TPSA) is 12.0 Å². The normalized spacial score (nSPS) is 16.0. The fourth-order valence-corrected chi connectivity index (χ4v) is 0.678. The molecule has 0 aromatic rings. The zero-order chi connectivity index (χ0) is 4.24. The van der Waals surface area contributed by atoms with E-state index in [2.05, 4.69) is 11.7 Å². The van der Waals surface area contributed by atoms with Crippen molar-refractivity contribution in [1.82, 2.24) is 5.32 Å². The number of rotatable bonds is 0. The van der Waals surface area contributed by atoms with Gasteiger partial charge in [-0.15, -0.1) is 6.54 Å². The first kappa shape index (κ1) is 16.5. The van der Waals surface area contributed by atoms with Gasteiger partial charge in [-0.25, -0.2) is 0 Å². The molecule has 0 spiro atoms. The van der Waals surface area contributed by atoms with E-state index in [0.717, 1.165) is 6.54 Å². The Morgan fingerprint density at radius 3 is 2.00 bits per heavy atom. The van der Waals surface area contributed by atoms with Gasteiger partial charge in [0.05, 0.1) is 0 Å². The van der Waals surface area contributed by atoms with E-state index in [-0.39, 0.29) is 41.0 Å². The summed E-state index contributed by atoms with van der Waals surface area (Å²) in [6.45, 7) is 2.34. The van der Waals surface area contributed by atoms with Crippen LogP contribution in [-0.2, 0) is 33.6 Å². The molecule has 1 heterocycles. The van der Waals surface area contributed by atoms with Crippen molar-refractivity contribution in [3.63, 3.8) is 0 Å². The SMILES string of the molecule is [CH-]1CCCNC1.[CH3-].[Co].[Co]. The molecule has 62 valence electrons. The molecule has 0 aromatic carbocycles. The third kappa shape index (κ3) is 8.97. The molecule has 1 fully saturated rings. The second kappa shape index (κ2) is 11.7. The monoisotopic (exact) mass is 217 g/mol. The van der Waals surface area contributed by atoms with Crippen LogP contribution in [-0.4, -0.2) is 13.1 Å². The summed E-state index contributed by atoms with van der Waals surface area (Å²) in [6, 6.07) is 0. The van der Waals surface area contributed by atoms with Crippen molar-refractivity contribution < 1.29 is 33.6 Å². The summed E-state index contributed by atoms with van der Waals surface area (Å²) in [5.74, 6) is 0. The molecule has 1 aliphatic rings. The molecule has 0 aromatic heterocycles. The third-order valence-electron chi connectivity index (χ3n) is 1.05. The molecule has 0 saturated carbocycles. The van der Waals surface area contributed by atoms with E-state index in [1.807, 2.05) is 0 Å². The fourth-order valence-electron chi connectivity index (χ4n) is 0.678. The van der Waals surface area contributed by atoms with Crippen LogP contribution < -0.4 is 5.32 Å². The predicted octanol–water partition coefficient (Wildman–Crippen LogP) is 1.02. The Hall–Kier alpha value is 0.973. The Kier molecular flexibility index (Phi) is 21.5. The summed E-state index contributed by atoms with van der Waals surface area (Å²) in [5, 5.41) is 3.23. The van der Waals surface area contributed by atoms with E-state index in [4.69, 9.17) is 0 Å². The molecule has 1 aliphatic heterocycles. The van der Waals surface area contributed by atoms with Gasteiger partial charge in [-0.1, -0.05) is 6.42 Å². The van der Waals surface area contributed by atoms with Gasteiger partial charge in [-0.05, 0) is 6.54 Å². The molecule has 0 bridgehead atoms. The maximum atomic E-state index is 3.23. The molecule has 0 atom stereocenters. The van der Waals surface area contributed by atoms with Gasteiger partial charge in [-0.2, -0.15) is 6.42 Å². The van der Waals surface area contributed by atoms with E-state index in [1.165, 1.54) is 19.4 Å². The number of hydrogen-bond acceptors (Lipinski definition) is 1. The van der Waals surface area contributed by atoms with Gasteiger partial charge in [0.15, 0.2) is 0 Å². The zero-order valence-electron chi connectivity index (χ0n) is 5.57. The molecular formula is C6H13Co2N-2. The van der Waals surface area contributed by atoms with E-state index in [0.29, 0.717) is 0 Å². The average molecular weight is 217 g/mol. The van der Waals surface area contributed by atoms with E-state index >= 15 is 0 Å². The van der Waals surface area contributed by atoms with E-state index < -0.39 is 0 Å². The van der Waals surface area contributed by atoms with Crippen LogP contribution in [0.15, 0.2) is 0 Å². The summed E-state index contributed by atoms with van der Waals surface area (Å²) >= 11 is 0. The largest absolute Gasteiger partial charge is 0.358 e. The first-order valence-corrected chi connectivity index (χ1v) is 2.52. The molecule has 1 saturated heterocycles. The minimum Gasteiger partial charge on any atom is -0.358 e. The van der Waals surface area contributed by atoms with Crippen LogP contribution in [0, 0.1) is 13.8 Å². The first-order chi connectivity index (χ1) is 3.00. The molecule has 3 heteroatoms. The smallest absolute Gasteiger partial charge is 0 e. The van der Waals surface area contributed by atoms with Crippen molar-refractivity contribution in [2.75, 3.05) is 13.1 Å². The molecule has 0 amide bonds. The molecule has 1 rings (SSSR count). The fraction of sp³-hybridized carbons (Fsp3) is 0.667. The summed E-state index contributed by atoms with van der Waals surface area (Å²) < 4.78 is 0. The molecular weight excluding hydrogens is 204 g/mol. The average Bonchev–Trinajstić information content (AvgIpc) is 1.72. The minimum atomic E-state index is 0. The first-order valence-electron chi connectivity index (χ1n) is 2.52. The van der Waals surface area contributed by atoms with E-state index in [9.17, 15) is 0 Å². The number of hydrogen-bond donors (Lipinski definition) is 1. The van der Waals surface area contributed by atoms with Gasteiger partial charge >= 0.3 is 0 Å². The maximum Gasteiger partial charge on any atom is 0 e. The Balaban J connectivity index is -0.000000120. The standard InChI is InChI=1S/C5H10N.CH3.2Co/c1-2-4-6-5-3-1;;;/h2,6H,1,3-5H2;1H3;;/q2*-1;;. The summed E-state index contributed by atoms with van der Waals surface area (Å²) in [4.78, 5) is 0. The van der Waals surface area contributed by atoms with Crippen molar-refractivity contribution in [1.29, 1.82) is 0 Å². The van der Waals surface area contributed by atoms with Crippen LogP contribution in [0.5, 0.6) is 0 Å². The van der Waals surface area contributed by atoms with Crippen LogP contribution in [0.4, 0.5) is 0 Å². The predicted molar refractivity (Wildman–Crippen MR) is 32.8 cm³/mol. The van der Waals surface area contributed by atoms with Gasteiger partial charge in [0.25, 0.3) is 0 Å². The Labute approximate surface area is 78.8 Å². The van der Waals surface area contributed by atoms with Crippen molar-refractivity contribution in [3.8, 4) is 0 Å². The number of piperidine rings is 1. The van der Waals surface area contributed by atoms with Crippen molar-refractivity contribution in [2.45, 2.75) is 12.8 Å². The Bertz CT molecular complexity index is 26.5.